The Kier molecular flexibility index (Phi) is 4.91. The fourth-order valence-corrected chi connectivity index (χ4v) is 6.31. The summed E-state index contributed by atoms with van der Waals surface area (Å²) in [4.78, 5) is 24.5. The van der Waals surface area contributed by atoms with Crippen molar-refractivity contribution < 1.29 is 26.4 Å². The molecule has 11 heteroatoms. The van der Waals surface area contributed by atoms with Crippen LogP contribution in [0.15, 0.2) is 52.3 Å². The fraction of sp³-hybridized carbons (Fsp3) is 0.263. The quantitative estimate of drug-likeness (QED) is 0.755. The Balaban J connectivity index is 1.54. The van der Waals surface area contributed by atoms with E-state index < -0.39 is 31.9 Å². The third-order valence-electron chi connectivity index (χ3n) is 5.21. The molecule has 2 aliphatic rings. The smallest absolute Gasteiger partial charge is 0.268 e. The maximum absolute atomic E-state index is 12.6. The van der Waals surface area contributed by atoms with Gasteiger partial charge in [-0.2, -0.15) is 4.31 Å². The first-order valence-corrected chi connectivity index (χ1v) is 12.1. The lowest BCUT2D eigenvalue weighted by Gasteiger charge is -2.15. The van der Waals surface area contributed by atoms with Crippen molar-refractivity contribution in [2.45, 2.75) is 22.6 Å². The highest BCUT2D eigenvalue weighted by molar-refractivity contribution is 7.90. The Morgan fingerprint density at radius 3 is 2.30 bits per heavy atom. The summed E-state index contributed by atoms with van der Waals surface area (Å²) in [6, 6.07) is 9.62. The van der Waals surface area contributed by atoms with Gasteiger partial charge in [-0.3, -0.25) is 9.59 Å². The molecule has 0 aromatic heterocycles. The molecule has 2 aliphatic heterocycles. The highest BCUT2D eigenvalue weighted by Gasteiger charge is 2.39. The number of carbonyl (C=O) groups is 2. The third-order valence-corrected chi connectivity index (χ3v) is 8.91. The van der Waals surface area contributed by atoms with E-state index in [0.29, 0.717) is 23.1 Å². The molecule has 9 nitrogen and oxygen atoms in total. The molecule has 0 spiro atoms. The maximum Gasteiger partial charge on any atom is 0.268 e. The van der Waals surface area contributed by atoms with Gasteiger partial charge in [0, 0.05) is 31.4 Å². The molecule has 0 atom stereocenters. The van der Waals surface area contributed by atoms with Crippen LogP contribution in [0.3, 0.4) is 0 Å². The normalized spacial score (nSPS) is 18.4. The monoisotopic (exact) mass is 449 g/mol. The van der Waals surface area contributed by atoms with Crippen molar-refractivity contribution in [2.75, 3.05) is 25.5 Å². The van der Waals surface area contributed by atoms with Gasteiger partial charge in [0.2, 0.25) is 10.0 Å². The van der Waals surface area contributed by atoms with E-state index in [1.54, 1.807) is 0 Å². The summed E-state index contributed by atoms with van der Waals surface area (Å²) >= 11 is 0. The minimum absolute atomic E-state index is 0.0190. The number of carbonyl (C=O) groups excluding carboxylic acids is 2. The zero-order valence-electron chi connectivity index (χ0n) is 16.0. The summed E-state index contributed by atoms with van der Waals surface area (Å²) in [5.41, 5.74) is 0.441. The first-order chi connectivity index (χ1) is 14.1. The second-order valence-corrected chi connectivity index (χ2v) is 11.0. The van der Waals surface area contributed by atoms with Crippen LogP contribution in [-0.2, 0) is 20.0 Å². The fourth-order valence-electron chi connectivity index (χ4n) is 3.47. The van der Waals surface area contributed by atoms with E-state index in [0.717, 1.165) is 26.0 Å². The molecule has 2 heterocycles. The first-order valence-electron chi connectivity index (χ1n) is 9.21. The van der Waals surface area contributed by atoms with Crippen LogP contribution in [0.1, 0.15) is 33.6 Å². The molecule has 0 bridgehead atoms. The van der Waals surface area contributed by atoms with E-state index in [1.165, 1.54) is 40.7 Å². The van der Waals surface area contributed by atoms with Gasteiger partial charge in [0.05, 0.1) is 10.5 Å². The molecule has 0 unspecified atom stereocenters. The van der Waals surface area contributed by atoms with E-state index in [-0.39, 0.29) is 20.9 Å². The highest BCUT2D eigenvalue weighted by Crippen LogP contribution is 2.30. The summed E-state index contributed by atoms with van der Waals surface area (Å²) in [5, 5.41) is 2.61. The van der Waals surface area contributed by atoms with Crippen molar-refractivity contribution in [2.24, 2.45) is 0 Å². The summed E-state index contributed by atoms with van der Waals surface area (Å²) in [6.45, 7) is 1.000. The molecule has 30 heavy (non-hydrogen) atoms. The van der Waals surface area contributed by atoms with Gasteiger partial charge < -0.3 is 5.32 Å². The number of rotatable bonds is 4. The van der Waals surface area contributed by atoms with Gasteiger partial charge in [0.1, 0.15) is 4.90 Å². The van der Waals surface area contributed by atoms with Crippen molar-refractivity contribution in [3.8, 4) is 0 Å². The summed E-state index contributed by atoms with van der Waals surface area (Å²) in [7, 11) is -6.35. The van der Waals surface area contributed by atoms with Crippen LogP contribution in [-0.4, -0.2) is 57.4 Å². The van der Waals surface area contributed by atoms with Gasteiger partial charge in [-0.05, 0) is 55.3 Å². The molecule has 1 saturated heterocycles. The van der Waals surface area contributed by atoms with Crippen LogP contribution in [0.2, 0.25) is 0 Å². The van der Waals surface area contributed by atoms with E-state index in [1.807, 2.05) is 0 Å². The number of hydrogen-bond acceptors (Lipinski definition) is 6. The molecule has 1 N–H and O–H groups in total. The van der Waals surface area contributed by atoms with Crippen LogP contribution >= 0.6 is 0 Å². The number of amides is 2. The number of nitrogens with one attached hydrogen (secondary N) is 1. The predicted molar refractivity (Wildman–Crippen MR) is 108 cm³/mol. The SMILES string of the molecule is CN1C(=O)c2ccc(C(=O)Nc3ccc(S(=O)(=O)N4CCCC4)cc3)cc2S1(=O)=O. The number of anilines is 1. The van der Waals surface area contributed by atoms with Gasteiger partial charge in [0.15, 0.2) is 0 Å². The van der Waals surface area contributed by atoms with Gasteiger partial charge in [0.25, 0.3) is 21.8 Å². The average Bonchev–Trinajstić information content (AvgIpc) is 3.33. The number of fused-ring (bicyclic) bond motifs is 1. The molecule has 1 fully saturated rings. The van der Waals surface area contributed by atoms with Crippen LogP contribution in [0.5, 0.6) is 0 Å². The largest absolute Gasteiger partial charge is 0.322 e. The van der Waals surface area contributed by atoms with Crippen molar-refractivity contribution >= 4 is 37.5 Å². The topological polar surface area (TPSA) is 121 Å². The molecular formula is C19H19N3O6S2. The molecule has 2 aromatic carbocycles. The number of benzene rings is 2. The Morgan fingerprint density at radius 2 is 1.67 bits per heavy atom. The zero-order valence-corrected chi connectivity index (χ0v) is 17.7. The van der Waals surface area contributed by atoms with Crippen LogP contribution < -0.4 is 5.32 Å². The lowest BCUT2D eigenvalue weighted by Crippen LogP contribution is -2.27. The van der Waals surface area contributed by atoms with Crippen LogP contribution in [0, 0.1) is 0 Å². The summed E-state index contributed by atoms with van der Waals surface area (Å²) in [5.74, 6) is -1.23. The highest BCUT2D eigenvalue weighted by atomic mass is 32.2. The molecule has 0 saturated carbocycles. The van der Waals surface area contributed by atoms with Gasteiger partial charge in [-0.1, -0.05) is 0 Å². The van der Waals surface area contributed by atoms with Crippen molar-refractivity contribution in [3.63, 3.8) is 0 Å². The Morgan fingerprint density at radius 1 is 1.03 bits per heavy atom. The predicted octanol–water partition coefficient (Wildman–Crippen LogP) is 1.50. The lowest BCUT2D eigenvalue weighted by atomic mass is 10.1. The van der Waals surface area contributed by atoms with Gasteiger partial charge >= 0.3 is 0 Å². The Bertz CT molecular complexity index is 1250. The van der Waals surface area contributed by atoms with E-state index in [9.17, 15) is 26.4 Å². The number of nitrogens with zero attached hydrogens (tertiary/aromatic N) is 2. The third kappa shape index (κ3) is 3.28. The minimum Gasteiger partial charge on any atom is -0.322 e. The second-order valence-electron chi connectivity index (χ2n) is 7.08. The standard InChI is InChI=1S/C19H19N3O6S2/c1-21-19(24)16-9-4-13(12-17(16)30(21,27)28)18(23)20-14-5-7-15(8-6-14)29(25,26)22-10-2-3-11-22/h4-9,12H,2-3,10-11H2,1H3,(H,20,23). The van der Waals surface area contributed by atoms with Crippen molar-refractivity contribution in [1.82, 2.24) is 8.61 Å². The van der Waals surface area contributed by atoms with Gasteiger partial charge in [-0.15, -0.1) is 0 Å². The Labute approximate surface area is 174 Å². The van der Waals surface area contributed by atoms with Crippen molar-refractivity contribution in [1.29, 1.82) is 0 Å². The van der Waals surface area contributed by atoms with E-state index in [2.05, 4.69) is 5.32 Å². The summed E-state index contributed by atoms with van der Waals surface area (Å²) < 4.78 is 51.8. The second kappa shape index (κ2) is 7.18. The zero-order chi connectivity index (χ0) is 21.7. The number of sulfonamides is 2. The van der Waals surface area contributed by atoms with Crippen LogP contribution in [0.25, 0.3) is 0 Å². The summed E-state index contributed by atoms with van der Waals surface area (Å²) in [6.07, 6.45) is 1.68. The molecule has 0 aliphatic carbocycles. The Hall–Kier alpha value is -2.76. The molecular weight excluding hydrogens is 430 g/mol. The minimum atomic E-state index is -3.96. The molecule has 4 rings (SSSR count). The lowest BCUT2D eigenvalue weighted by molar-refractivity contribution is 0.0890. The molecule has 2 amide bonds. The first kappa shape index (κ1) is 20.5. The molecule has 158 valence electrons. The number of hydrogen-bond donors (Lipinski definition) is 1. The molecule has 0 radical (unpaired) electrons. The van der Waals surface area contributed by atoms with Gasteiger partial charge in [-0.25, -0.2) is 21.1 Å². The maximum atomic E-state index is 12.6. The van der Waals surface area contributed by atoms with Crippen LogP contribution in [0.4, 0.5) is 5.69 Å². The molecule has 2 aromatic rings. The van der Waals surface area contributed by atoms with E-state index in [4.69, 9.17) is 0 Å². The van der Waals surface area contributed by atoms with Crippen molar-refractivity contribution in [3.05, 3.63) is 53.6 Å². The van der Waals surface area contributed by atoms with E-state index >= 15 is 0 Å². The average molecular weight is 450 g/mol.